The number of hydrogen-bond donors (Lipinski definition) is 0. The fourth-order valence-corrected chi connectivity index (χ4v) is 7.97. The van der Waals surface area contributed by atoms with Crippen molar-refractivity contribution >= 4 is 26.8 Å². The standard InChI is InChI=1S/C14H30NOSi.2ClH.Ti/c1-10-11(2)13(4)14(12(10)3)17(6,7)15-8-9-16-5;;;/h10-14H,8-9H2,1-7H3;2*1H;/q-1;;;+2/p-2. The Hall–Kier alpha value is 1.43. The molecule has 1 saturated carbocycles. The molecule has 2 nitrogen and oxygen atoms in total. The van der Waals surface area contributed by atoms with Gasteiger partial charge in [-0.1, -0.05) is 54.6 Å². The first kappa shape index (κ1) is 21.4. The molecule has 0 aromatic rings. The molecule has 6 heteroatoms. The van der Waals surface area contributed by atoms with Gasteiger partial charge in [-0.3, -0.25) is 0 Å². The van der Waals surface area contributed by atoms with E-state index in [-0.39, 0.29) is 0 Å². The van der Waals surface area contributed by atoms with Gasteiger partial charge in [-0.2, -0.15) is 0 Å². The van der Waals surface area contributed by atoms with Crippen LogP contribution in [0.15, 0.2) is 0 Å². The summed E-state index contributed by atoms with van der Waals surface area (Å²) in [6.07, 6.45) is 0. The van der Waals surface area contributed by atoms with Crippen LogP contribution in [0.4, 0.5) is 0 Å². The summed E-state index contributed by atoms with van der Waals surface area (Å²) >= 11 is -0.556. The van der Waals surface area contributed by atoms with Gasteiger partial charge in [0.25, 0.3) is 0 Å². The molecule has 0 aromatic heterocycles. The summed E-state index contributed by atoms with van der Waals surface area (Å²) in [5.74, 6) is 3.35. The van der Waals surface area contributed by atoms with E-state index < -0.39 is 25.3 Å². The van der Waals surface area contributed by atoms with E-state index in [4.69, 9.17) is 28.3 Å². The zero-order valence-electron chi connectivity index (χ0n) is 13.9. The molecule has 0 aromatic carbocycles. The molecule has 1 fully saturated rings. The number of rotatable bonds is 5. The third kappa shape index (κ3) is 5.91. The van der Waals surface area contributed by atoms with E-state index in [1.54, 1.807) is 7.11 Å². The van der Waals surface area contributed by atoms with Gasteiger partial charge in [0.05, 0.1) is 0 Å². The molecule has 0 radical (unpaired) electrons. The summed E-state index contributed by atoms with van der Waals surface area (Å²) in [5, 5.41) is 0. The summed E-state index contributed by atoms with van der Waals surface area (Å²) in [5.41, 5.74) is 0.837. The van der Waals surface area contributed by atoms with Crippen LogP contribution < -0.4 is 0 Å². The van der Waals surface area contributed by atoms with E-state index >= 15 is 0 Å². The fraction of sp³-hybridized carbons (Fsp3) is 1.00. The molecule has 20 heavy (non-hydrogen) atoms. The first-order valence-corrected chi connectivity index (χ1v) is 14.7. The number of hydrogen-bond acceptors (Lipinski definition) is 1. The van der Waals surface area contributed by atoms with Gasteiger partial charge in [0.1, 0.15) is 0 Å². The van der Waals surface area contributed by atoms with Crippen LogP contribution in [0.25, 0.3) is 4.98 Å². The van der Waals surface area contributed by atoms with E-state index in [9.17, 15) is 0 Å². The van der Waals surface area contributed by atoms with Crippen LogP contribution in [0.1, 0.15) is 27.7 Å². The second-order valence-corrected chi connectivity index (χ2v) is 13.4. The Balaban J connectivity index is 0.00000110. The van der Waals surface area contributed by atoms with E-state index in [0.29, 0.717) is 0 Å². The van der Waals surface area contributed by atoms with Crippen LogP contribution in [0, 0.1) is 23.7 Å². The Morgan fingerprint density at radius 1 is 1.00 bits per heavy atom. The molecule has 0 amide bonds. The molecule has 120 valence electrons. The predicted octanol–water partition coefficient (Wildman–Crippen LogP) is 5.52. The van der Waals surface area contributed by atoms with Gasteiger partial charge in [-0.25, -0.2) is 0 Å². The summed E-state index contributed by atoms with van der Waals surface area (Å²) in [6, 6.07) is 0. The topological polar surface area (TPSA) is 23.3 Å². The monoisotopic (exact) mass is 374 g/mol. The molecular weight excluding hydrogens is 345 g/mol. The van der Waals surface area contributed by atoms with E-state index in [2.05, 4.69) is 40.8 Å². The molecule has 0 bridgehead atoms. The van der Waals surface area contributed by atoms with Crippen molar-refractivity contribution in [3.8, 4) is 0 Å². The van der Waals surface area contributed by atoms with Crippen molar-refractivity contribution in [1.29, 1.82) is 0 Å². The summed E-state index contributed by atoms with van der Waals surface area (Å²) in [6.45, 7) is 16.3. The Morgan fingerprint density at radius 2 is 1.40 bits per heavy atom. The number of halogens is 2. The number of ether oxygens (including phenoxy) is 1. The maximum atomic E-state index is 5.12. The maximum absolute atomic E-state index is 5.12. The first-order chi connectivity index (χ1) is 9.24. The second kappa shape index (κ2) is 10.3. The minimum atomic E-state index is -1.47. The van der Waals surface area contributed by atoms with Gasteiger partial charge in [-0.05, 0) is 23.7 Å². The quantitative estimate of drug-likeness (QED) is 0.459. The van der Waals surface area contributed by atoms with Crippen LogP contribution in [0.2, 0.25) is 18.6 Å². The van der Waals surface area contributed by atoms with E-state index in [0.717, 1.165) is 42.4 Å². The van der Waals surface area contributed by atoms with Crippen molar-refractivity contribution in [2.75, 3.05) is 20.3 Å². The van der Waals surface area contributed by atoms with Gasteiger partial charge >= 0.3 is 35.6 Å². The van der Waals surface area contributed by atoms with Crippen LogP contribution in [-0.2, 0) is 21.8 Å². The van der Waals surface area contributed by atoms with Gasteiger partial charge in [0.15, 0.2) is 0 Å². The zero-order chi connectivity index (χ0) is 15.9. The molecule has 4 unspecified atom stereocenters. The average molecular weight is 375 g/mol. The molecule has 1 aliphatic carbocycles. The summed E-state index contributed by atoms with van der Waals surface area (Å²) < 4.78 is 5.12. The van der Waals surface area contributed by atoms with Crippen molar-refractivity contribution < 1.29 is 21.8 Å². The normalized spacial score (nSPS) is 33.5. The summed E-state index contributed by atoms with van der Waals surface area (Å²) in [4.78, 5) is 5.01. The van der Waals surface area contributed by atoms with Crippen LogP contribution in [0.5, 0.6) is 0 Å². The summed E-state index contributed by atoms with van der Waals surface area (Å²) in [7, 11) is 10.1. The minimum absolute atomic E-state index is 0.556. The Labute approximate surface area is 143 Å². The van der Waals surface area contributed by atoms with Crippen LogP contribution >= 0.6 is 18.6 Å². The van der Waals surface area contributed by atoms with E-state index in [1.165, 1.54) is 0 Å². The fourth-order valence-electron chi connectivity index (χ4n) is 3.91. The van der Waals surface area contributed by atoms with Crippen molar-refractivity contribution in [2.24, 2.45) is 23.7 Å². The third-order valence-corrected chi connectivity index (χ3v) is 8.97. The average Bonchev–Trinajstić information content (AvgIpc) is 2.55. The van der Waals surface area contributed by atoms with Gasteiger partial charge in [0, 0.05) is 13.7 Å². The van der Waals surface area contributed by atoms with Gasteiger partial charge < -0.3 is 9.72 Å². The van der Waals surface area contributed by atoms with Crippen molar-refractivity contribution in [3.63, 3.8) is 0 Å². The van der Waals surface area contributed by atoms with Crippen molar-refractivity contribution in [3.05, 3.63) is 4.98 Å². The Morgan fingerprint density at radius 3 is 1.75 bits per heavy atom. The van der Waals surface area contributed by atoms with Crippen molar-refractivity contribution in [2.45, 2.75) is 46.3 Å². The Kier molecular flexibility index (Phi) is 11.0. The van der Waals surface area contributed by atoms with Gasteiger partial charge in [0.2, 0.25) is 0 Å². The third-order valence-electron chi connectivity index (χ3n) is 5.25. The van der Waals surface area contributed by atoms with E-state index in [1.807, 2.05) is 0 Å². The predicted molar refractivity (Wildman–Crippen MR) is 89.7 cm³/mol. The molecular formula is C14H30Cl2NOSiTi-. The second-order valence-electron chi connectivity index (χ2n) is 6.56. The van der Waals surface area contributed by atoms with Crippen molar-refractivity contribution in [1.82, 2.24) is 0 Å². The van der Waals surface area contributed by atoms with Crippen LogP contribution in [-0.4, -0.2) is 28.5 Å². The molecule has 0 N–H and O–H groups in total. The molecule has 4 atom stereocenters. The number of nitrogens with zero attached hydrogens (tertiary/aromatic N) is 1. The number of methoxy groups -OCH3 is 1. The molecule has 1 aliphatic rings. The molecule has 1 rings (SSSR count). The zero-order valence-corrected chi connectivity index (χ0v) is 18.0. The Bertz CT molecular complexity index is 258. The van der Waals surface area contributed by atoms with Crippen LogP contribution in [0.3, 0.4) is 0 Å². The molecule has 0 spiro atoms. The first-order valence-electron chi connectivity index (χ1n) is 7.38. The molecule has 0 saturated heterocycles. The molecule has 0 heterocycles. The van der Waals surface area contributed by atoms with Gasteiger partial charge in [-0.15, -0.1) is 6.54 Å². The SMILES string of the molecule is COCC[N-][Si](C)(C)C1C(C)C(C)C(C)C1C.[Cl][Ti][Cl]. The molecule has 0 aliphatic heterocycles.